The van der Waals surface area contributed by atoms with Crippen molar-refractivity contribution in [2.75, 3.05) is 19.0 Å². The predicted molar refractivity (Wildman–Crippen MR) is 111 cm³/mol. The largest absolute Gasteiger partial charge is 0.508 e. The van der Waals surface area contributed by atoms with Crippen LogP contribution in [0.1, 0.15) is 22.4 Å². The highest BCUT2D eigenvalue weighted by Gasteiger charge is 2.43. The molecule has 0 spiro atoms. The molecule has 0 saturated carbocycles. The number of aliphatic hydroxyl groups excluding tert-OH is 2. The molecule has 0 radical (unpaired) electrons. The predicted octanol–water partition coefficient (Wildman–Crippen LogP) is -0.316. The Morgan fingerprint density at radius 2 is 2.09 bits per heavy atom. The Labute approximate surface area is 182 Å². The van der Waals surface area contributed by atoms with Crippen molar-refractivity contribution in [3.63, 3.8) is 0 Å². The van der Waals surface area contributed by atoms with Gasteiger partial charge in [-0.3, -0.25) is 9.36 Å². The molecule has 14 heteroatoms. The highest BCUT2D eigenvalue weighted by atomic mass is 31.2. The van der Waals surface area contributed by atoms with E-state index in [0.29, 0.717) is 5.56 Å². The summed E-state index contributed by atoms with van der Waals surface area (Å²) in [4.78, 5) is 26.7. The van der Waals surface area contributed by atoms with Gasteiger partial charge in [0, 0.05) is 31.2 Å². The van der Waals surface area contributed by atoms with Gasteiger partial charge in [-0.25, -0.2) is 9.67 Å². The van der Waals surface area contributed by atoms with Crippen molar-refractivity contribution >= 4 is 19.2 Å². The summed E-state index contributed by atoms with van der Waals surface area (Å²) in [5.74, 6) is -0.458. The number of nitrogens with zero attached hydrogens (tertiary/aromatic N) is 4. The number of primary amides is 1. The number of aliphatic hydroxyl groups is 2. The maximum absolute atomic E-state index is 12.4. The first-order chi connectivity index (χ1) is 15.0. The number of anilines is 1. The number of rotatable bonds is 8. The zero-order valence-electron chi connectivity index (χ0n) is 17.2. The maximum atomic E-state index is 12.4. The number of carbonyl (C=O) groups excluding carboxylic acids is 1. The van der Waals surface area contributed by atoms with Gasteiger partial charge < -0.3 is 40.1 Å². The molecular formula is C18H24N5O8P. The number of hydrogen-bond donors (Lipinski definition) is 5. The molecule has 32 heavy (non-hydrogen) atoms. The number of phenolic OH excluding ortho intramolecular Hbond substituents is 1. The normalized spacial score (nSPS) is 25.2. The number of hydrogen-bond acceptors (Lipinski definition) is 10. The maximum Gasteiger partial charge on any atom is 0.351 e. The van der Waals surface area contributed by atoms with Crippen molar-refractivity contribution in [3.8, 4) is 5.75 Å². The van der Waals surface area contributed by atoms with Crippen LogP contribution in [0.4, 0.5) is 5.69 Å². The van der Waals surface area contributed by atoms with E-state index in [2.05, 4.69) is 10.1 Å². The van der Waals surface area contributed by atoms with Crippen LogP contribution in [0.2, 0.25) is 0 Å². The Hall–Kier alpha value is -2.80. The quantitative estimate of drug-likeness (QED) is 0.318. The molecule has 1 aromatic heterocycles. The highest BCUT2D eigenvalue weighted by Crippen LogP contribution is 2.46. The fourth-order valence-corrected chi connectivity index (χ4v) is 3.74. The molecule has 1 aromatic carbocycles. The minimum atomic E-state index is -4.29. The summed E-state index contributed by atoms with van der Waals surface area (Å²) in [7, 11) is -0.680. The molecule has 5 atom stereocenters. The molecule has 0 aliphatic carbocycles. The van der Waals surface area contributed by atoms with Crippen LogP contribution in [-0.2, 0) is 20.4 Å². The molecule has 174 valence electrons. The fraction of sp³-hybridized carbons (Fsp3) is 0.389. The molecule has 6 N–H and O–H groups in total. The summed E-state index contributed by atoms with van der Waals surface area (Å²) in [5, 5.41) is 34.1. The number of aromatic hydroxyl groups is 1. The molecule has 2 heterocycles. The second kappa shape index (κ2) is 9.36. The Balaban J connectivity index is 1.66. The summed E-state index contributed by atoms with van der Waals surface area (Å²) < 4.78 is 23.9. The van der Waals surface area contributed by atoms with Crippen LogP contribution in [0, 0.1) is 0 Å². The van der Waals surface area contributed by atoms with Crippen LogP contribution in [0.15, 0.2) is 36.4 Å². The molecular weight excluding hydrogens is 445 g/mol. The molecule has 0 bridgehead atoms. The van der Waals surface area contributed by atoms with Crippen molar-refractivity contribution in [1.82, 2.24) is 14.8 Å². The molecule has 3 rings (SSSR count). The molecule has 3 unspecified atom stereocenters. The first-order valence-corrected chi connectivity index (χ1v) is 11.0. The van der Waals surface area contributed by atoms with Gasteiger partial charge in [-0.2, -0.15) is 0 Å². The van der Waals surface area contributed by atoms with E-state index in [1.54, 1.807) is 31.1 Å². The number of aromatic nitrogens is 3. The first kappa shape index (κ1) is 23.9. The van der Waals surface area contributed by atoms with Crippen molar-refractivity contribution in [3.05, 3.63) is 47.8 Å². The third-order valence-electron chi connectivity index (χ3n) is 4.71. The standard InChI is InChI=1S/C18H24N5O8P/c1-22(2)11-3-4-12(24)10(7-11)8-30-32(28,29)6-5-13-14(25)15(26)18(31-13)23-9-20-17(21-23)16(19)27/h3-7,9,13-15,18,24-26H,8H2,1-2H3,(H2,19,27)(H,28,29)/b6-5+/t13?,14-,15-,18?/m1/s1. The Kier molecular flexibility index (Phi) is 6.98. The lowest BCUT2D eigenvalue weighted by Gasteiger charge is -2.16. The van der Waals surface area contributed by atoms with Gasteiger partial charge >= 0.3 is 7.60 Å². The number of carbonyl (C=O) groups is 1. The van der Waals surface area contributed by atoms with Crippen LogP contribution >= 0.6 is 7.60 Å². The molecule has 1 fully saturated rings. The summed E-state index contributed by atoms with van der Waals surface area (Å²) >= 11 is 0. The van der Waals surface area contributed by atoms with Gasteiger partial charge in [0.25, 0.3) is 5.91 Å². The van der Waals surface area contributed by atoms with Crippen molar-refractivity contribution < 1.29 is 38.8 Å². The van der Waals surface area contributed by atoms with Gasteiger partial charge in [0.15, 0.2) is 6.23 Å². The number of nitrogens with two attached hydrogens (primary N) is 1. The Morgan fingerprint density at radius 3 is 2.72 bits per heavy atom. The van der Waals surface area contributed by atoms with E-state index >= 15 is 0 Å². The van der Waals surface area contributed by atoms with E-state index in [-0.39, 0.29) is 18.2 Å². The Bertz CT molecular complexity index is 1060. The lowest BCUT2D eigenvalue weighted by atomic mass is 10.1. The average molecular weight is 469 g/mol. The fourth-order valence-electron chi connectivity index (χ4n) is 2.94. The third-order valence-corrected chi connectivity index (χ3v) is 5.76. The minimum Gasteiger partial charge on any atom is -0.508 e. The third kappa shape index (κ3) is 5.33. The minimum absolute atomic E-state index is 0.0942. The van der Waals surface area contributed by atoms with Crippen LogP contribution < -0.4 is 10.6 Å². The van der Waals surface area contributed by atoms with Crippen LogP contribution in [0.25, 0.3) is 0 Å². The zero-order valence-corrected chi connectivity index (χ0v) is 18.1. The molecule has 13 nitrogen and oxygen atoms in total. The SMILES string of the molecule is CN(C)c1ccc(O)c(COP(=O)(O)/C=C/C2OC(n3cnc(C(N)=O)n3)[C@H](O)[C@@H]2O)c1. The van der Waals surface area contributed by atoms with Gasteiger partial charge in [-0.15, -0.1) is 5.10 Å². The lowest BCUT2D eigenvalue weighted by molar-refractivity contribution is -0.0346. The van der Waals surface area contributed by atoms with E-state index in [0.717, 1.165) is 28.6 Å². The molecule has 1 saturated heterocycles. The number of amides is 1. The van der Waals surface area contributed by atoms with Gasteiger partial charge in [0.2, 0.25) is 5.82 Å². The highest BCUT2D eigenvalue weighted by molar-refractivity contribution is 7.56. The topological polar surface area (TPSA) is 193 Å². The average Bonchev–Trinajstić information content (AvgIpc) is 3.32. The number of ether oxygens (including phenoxy) is 1. The van der Waals surface area contributed by atoms with Crippen molar-refractivity contribution in [1.29, 1.82) is 0 Å². The molecule has 2 aromatic rings. The van der Waals surface area contributed by atoms with E-state index in [4.69, 9.17) is 15.0 Å². The lowest BCUT2D eigenvalue weighted by Crippen LogP contribution is -2.31. The van der Waals surface area contributed by atoms with Crippen LogP contribution in [0.3, 0.4) is 0 Å². The van der Waals surface area contributed by atoms with E-state index in [1.807, 2.05) is 0 Å². The van der Waals surface area contributed by atoms with E-state index in [1.165, 1.54) is 6.07 Å². The van der Waals surface area contributed by atoms with E-state index < -0.39 is 38.0 Å². The van der Waals surface area contributed by atoms with Crippen LogP contribution in [-0.4, -0.2) is 73.3 Å². The second-order valence-corrected chi connectivity index (χ2v) is 8.96. The summed E-state index contributed by atoms with van der Waals surface area (Å²) in [6, 6.07) is 4.74. The zero-order chi connectivity index (χ0) is 23.6. The Morgan fingerprint density at radius 1 is 1.38 bits per heavy atom. The smallest absolute Gasteiger partial charge is 0.351 e. The van der Waals surface area contributed by atoms with Crippen molar-refractivity contribution in [2.24, 2.45) is 5.73 Å². The molecule has 1 aliphatic heterocycles. The first-order valence-electron chi connectivity index (χ1n) is 9.36. The number of benzene rings is 1. The molecule has 1 aliphatic rings. The summed E-state index contributed by atoms with van der Waals surface area (Å²) in [6.07, 6.45) is -3.12. The summed E-state index contributed by atoms with van der Waals surface area (Å²) in [6.45, 7) is -0.347. The van der Waals surface area contributed by atoms with Crippen LogP contribution in [0.5, 0.6) is 5.75 Å². The van der Waals surface area contributed by atoms with Gasteiger partial charge in [0.05, 0.1) is 6.61 Å². The summed E-state index contributed by atoms with van der Waals surface area (Å²) in [5.41, 5.74) is 6.15. The van der Waals surface area contributed by atoms with E-state index in [9.17, 15) is 29.6 Å². The van der Waals surface area contributed by atoms with Gasteiger partial charge in [-0.1, -0.05) is 0 Å². The number of phenols is 1. The van der Waals surface area contributed by atoms with Gasteiger partial charge in [-0.05, 0) is 24.3 Å². The molecule has 1 amide bonds. The van der Waals surface area contributed by atoms with Crippen molar-refractivity contribution in [2.45, 2.75) is 31.1 Å². The second-order valence-electron chi connectivity index (χ2n) is 7.27. The monoisotopic (exact) mass is 469 g/mol. The van der Waals surface area contributed by atoms with Gasteiger partial charge in [0.1, 0.15) is 30.4 Å².